The summed E-state index contributed by atoms with van der Waals surface area (Å²) in [5.74, 6) is 0.785. The topological polar surface area (TPSA) is 58.2 Å². The zero-order valence-electron chi connectivity index (χ0n) is 15.9. The molecule has 2 heterocycles. The molecule has 2 N–H and O–H groups in total. The highest BCUT2D eigenvalue weighted by molar-refractivity contribution is 5.84. The van der Waals surface area contributed by atoms with Gasteiger partial charge in [-0.25, -0.2) is 0 Å². The molecule has 1 saturated heterocycles. The molecule has 0 radical (unpaired) electrons. The first-order valence-corrected chi connectivity index (χ1v) is 10.2. The van der Waals surface area contributed by atoms with Crippen molar-refractivity contribution in [3.8, 4) is 0 Å². The van der Waals surface area contributed by atoms with Crippen LogP contribution in [-0.4, -0.2) is 28.1 Å². The van der Waals surface area contributed by atoms with E-state index < -0.39 is 6.10 Å². The Bertz CT molecular complexity index is 988. The Morgan fingerprint density at radius 1 is 1.07 bits per heavy atom. The second-order valence-corrected chi connectivity index (χ2v) is 8.19. The van der Waals surface area contributed by atoms with Crippen LogP contribution in [0, 0.1) is 5.41 Å². The summed E-state index contributed by atoms with van der Waals surface area (Å²) in [4.78, 5) is 0. The number of para-hydroxylation sites is 1. The molecule has 1 aliphatic heterocycles. The second kappa shape index (κ2) is 7.19. The Labute approximate surface area is 165 Å². The number of aliphatic hydroxyl groups excluding tert-OH is 1. The summed E-state index contributed by atoms with van der Waals surface area (Å²) in [6, 6.07) is 17.5. The lowest BCUT2D eigenvalue weighted by molar-refractivity contribution is -0.0998. The van der Waals surface area contributed by atoms with E-state index >= 15 is 0 Å². The highest BCUT2D eigenvalue weighted by Crippen LogP contribution is 2.40. The Kier molecular flexibility index (Phi) is 4.53. The number of nitrogens with zero attached hydrogens (tertiary/aromatic N) is 1. The second-order valence-electron chi connectivity index (χ2n) is 8.19. The van der Waals surface area contributed by atoms with Gasteiger partial charge >= 0.3 is 0 Å². The number of nitrogens with one attached hydrogen (secondary N) is 1. The van der Waals surface area contributed by atoms with Gasteiger partial charge in [-0.05, 0) is 47.9 Å². The van der Waals surface area contributed by atoms with Crippen LogP contribution in [0.5, 0.6) is 0 Å². The summed E-state index contributed by atoms with van der Waals surface area (Å²) < 4.78 is 8.21. The summed E-state index contributed by atoms with van der Waals surface area (Å²) in [6.07, 6.45) is 7.05. The van der Waals surface area contributed by atoms with Gasteiger partial charge in [-0.1, -0.05) is 42.5 Å². The minimum Gasteiger partial charge on any atom is -0.393 e. The minimum atomic E-state index is -0.440. The Morgan fingerprint density at radius 3 is 2.61 bits per heavy atom. The van der Waals surface area contributed by atoms with Gasteiger partial charge in [0.05, 0.1) is 17.7 Å². The van der Waals surface area contributed by atoms with Crippen LogP contribution in [0.15, 0.2) is 54.7 Å². The van der Waals surface area contributed by atoms with Crippen molar-refractivity contribution in [2.45, 2.75) is 56.5 Å². The van der Waals surface area contributed by atoms with Gasteiger partial charge in [0.15, 0.2) is 0 Å². The summed E-state index contributed by atoms with van der Waals surface area (Å²) >= 11 is 0. The van der Waals surface area contributed by atoms with Gasteiger partial charge < -0.3 is 19.8 Å². The fourth-order valence-electron chi connectivity index (χ4n) is 4.40. The number of hydrogen-bond donors (Lipinski definition) is 2. The molecule has 2 aromatic carbocycles. The number of benzene rings is 2. The molecule has 2 aliphatic rings. The molecule has 3 aromatic rings. The predicted molar refractivity (Wildman–Crippen MR) is 111 cm³/mol. The molecule has 28 heavy (non-hydrogen) atoms. The molecular formula is C24H26N2O2. The number of aliphatic hydroxyl groups is 1. The first kappa shape index (κ1) is 17.7. The summed E-state index contributed by atoms with van der Waals surface area (Å²) in [6.45, 7) is 0. The molecule has 4 nitrogen and oxygen atoms in total. The third kappa shape index (κ3) is 3.38. The lowest BCUT2D eigenvalue weighted by atomic mass is 10.0. The van der Waals surface area contributed by atoms with Crippen molar-refractivity contribution >= 4 is 17.1 Å². The fraction of sp³-hybridized carbons (Fsp3) is 0.375. The van der Waals surface area contributed by atoms with Gasteiger partial charge in [0.2, 0.25) is 0 Å². The van der Waals surface area contributed by atoms with Crippen LogP contribution in [0.3, 0.4) is 0 Å². The van der Waals surface area contributed by atoms with Gasteiger partial charge in [0.25, 0.3) is 0 Å². The maximum absolute atomic E-state index is 10.2. The molecule has 1 aromatic heterocycles. The van der Waals surface area contributed by atoms with Crippen molar-refractivity contribution in [2.24, 2.45) is 0 Å². The summed E-state index contributed by atoms with van der Waals surface area (Å²) in [7, 11) is 0. The van der Waals surface area contributed by atoms with Crippen LogP contribution < -0.4 is 0 Å². The summed E-state index contributed by atoms with van der Waals surface area (Å²) in [5, 5.41) is 19.0. The van der Waals surface area contributed by atoms with Crippen molar-refractivity contribution < 1.29 is 9.84 Å². The van der Waals surface area contributed by atoms with Crippen LogP contribution in [-0.2, 0) is 11.2 Å². The van der Waals surface area contributed by atoms with E-state index in [1.165, 1.54) is 41.1 Å². The monoisotopic (exact) mass is 374 g/mol. The first-order valence-electron chi connectivity index (χ1n) is 10.2. The van der Waals surface area contributed by atoms with Crippen LogP contribution >= 0.6 is 0 Å². The van der Waals surface area contributed by atoms with E-state index in [9.17, 15) is 5.11 Å². The molecule has 4 heteroatoms. The SMILES string of the molecule is N=C[C@@H]1C[C@H](O)C[C@H](n2cc(Cc3ccc(C4CC4)cc3)c3ccccc32)O1. The molecule has 144 valence electrons. The van der Waals surface area contributed by atoms with Crippen molar-refractivity contribution in [3.05, 3.63) is 71.4 Å². The van der Waals surface area contributed by atoms with E-state index in [2.05, 4.69) is 53.2 Å². The van der Waals surface area contributed by atoms with E-state index in [0.29, 0.717) is 12.8 Å². The van der Waals surface area contributed by atoms with Crippen LogP contribution in [0.25, 0.3) is 10.9 Å². The number of rotatable bonds is 5. The Hall–Kier alpha value is -2.43. The van der Waals surface area contributed by atoms with Gasteiger partial charge in [-0.2, -0.15) is 0 Å². The van der Waals surface area contributed by atoms with E-state index in [1.807, 2.05) is 6.07 Å². The van der Waals surface area contributed by atoms with E-state index in [1.54, 1.807) is 0 Å². The molecule has 0 spiro atoms. The third-order valence-electron chi connectivity index (χ3n) is 6.05. The van der Waals surface area contributed by atoms with E-state index in [4.69, 9.17) is 10.1 Å². The van der Waals surface area contributed by atoms with E-state index in [0.717, 1.165) is 17.9 Å². The molecule has 0 amide bonds. The maximum atomic E-state index is 10.2. The molecule has 1 aliphatic carbocycles. The molecule has 1 saturated carbocycles. The van der Waals surface area contributed by atoms with Gasteiger partial charge in [0, 0.05) is 30.6 Å². The zero-order chi connectivity index (χ0) is 19.1. The van der Waals surface area contributed by atoms with Crippen molar-refractivity contribution in [1.29, 1.82) is 5.41 Å². The first-order chi connectivity index (χ1) is 13.7. The molecule has 0 bridgehead atoms. The fourth-order valence-corrected chi connectivity index (χ4v) is 4.40. The van der Waals surface area contributed by atoms with Crippen molar-refractivity contribution in [3.63, 3.8) is 0 Å². The summed E-state index contributed by atoms with van der Waals surface area (Å²) in [5.41, 5.74) is 5.17. The molecule has 5 rings (SSSR count). The predicted octanol–water partition coefficient (Wildman–Crippen LogP) is 4.80. The number of ether oxygens (including phenoxy) is 1. The van der Waals surface area contributed by atoms with Crippen LogP contribution in [0.2, 0.25) is 0 Å². The molecule has 2 fully saturated rings. The van der Waals surface area contributed by atoms with Crippen molar-refractivity contribution in [2.75, 3.05) is 0 Å². The third-order valence-corrected chi connectivity index (χ3v) is 6.05. The number of aromatic nitrogens is 1. The highest BCUT2D eigenvalue weighted by atomic mass is 16.5. The standard InChI is InChI=1S/C24H26N2O2/c25-14-21-12-20(27)13-24(28-21)26-15-19(22-3-1-2-4-23(22)26)11-16-5-7-17(8-6-16)18-9-10-18/h1-8,14-15,18,20-21,24-25,27H,9-13H2/t20-,21-,24+/m0/s1. The molecular weight excluding hydrogens is 348 g/mol. The van der Waals surface area contributed by atoms with E-state index in [-0.39, 0.29) is 12.3 Å². The minimum absolute atomic E-state index is 0.244. The normalized spacial score (nSPS) is 25.1. The van der Waals surface area contributed by atoms with Gasteiger partial charge in [-0.3, -0.25) is 0 Å². The lowest BCUT2D eigenvalue weighted by Crippen LogP contribution is -2.34. The highest BCUT2D eigenvalue weighted by Gasteiger charge is 2.29. The van der Waals surface area contributed by atoms with Crippen molar-refractivity contribution in [1.82, 2.24) is 4.57 Å². The Balaban J connectivity index is 1.47. The average Bonchev–Trinajstić information content (AvgIpc) is 3.51. The molecule has 0 unspecified atom stereocenters. The van der Waals surface area contributed by atoms with Gasteiger partial charge in [0.1, 0.15) is 6.23 Å². The van der Waals surface area contributed by atoms with Gasteiger partial charge in [-0.15, -0.1) is 0 Å². The van der Waals surface area contributed by atoms with Crippen LogP contribution in [0.1, 0.15) is 54.5 Å². The number of fused-ring (bicyclic) bond motifs is 1. The quantitative estimate of drug-likeness (QED) is 0.631. The molecule has 3 atom stereocenters. The largest absolute Gasteiger partial charge is 0.393 e. The lowest BCUT2D eigenvalue weighted by Gasteiger charge is -2.32. The zero-order valence-corrected chi connectivity index (χ0v) is 15.9. The van der Waals surface area contributed by atoms with Crippen LogP contribution in [0.4, 0.5) is 0 Å². The smallest absolute Gasteiger partial charge is 0.137 e. The number of hydrogen-bond acceptors (Lipinski definition) is 3. The maximum Gasteiger partial charge on any atom is 0.137 e. The average molecular weight is 374 g/mol. The Morgan fingerprint density at radius 2 is 1.86 bits per heavy atom.